The van der Waals surface area contributed by atoms with Gasteiger partial charge in [-0.25, -0.2) is 9.59 Å². The molecule has 0 unspecified atom stereocenters. The number of hydrogen-bond donors (Lipinski definition) is 1. The summed E-state index contributed by atoms with van der Waals surface area (Å²) in [7, 11) is 1.34. The fourth-order valence-corrected chi connectivity index (χ4v) is 7.98. The standard InChI is InChI=1S/C42H45BrN2O6/c1-24-18-20-27(21-19-24)34-25(2)36(43)37(26(3)35(34)38(40(47)49-7)51-42(4,5)6)44-39(46)33-17-12-22-45(33)41(48)50-23-32-30-15-10-8-13-28(30)29-14-9-11-16-31(29)32/h8-11,13-16,18-21,32-33,38H,12,17,22-23H2,1-7H3,(H,44,46)/t33-,38-/m0/s1. The van der Waals surface area contributed by atoms with E-state index in [0.29, 0.717) is 40.7 Å². The maximum Gasteiger partial charge on any atom is 0.410 e. The minimum Gasteiger partial charge on any atom is -0.467 e. The van der Waals surface area contributed by atoms with Crippen molar-refractivity contribution >= 4 is 39.6 Å². The normalized spacial score (nSPS) is 16.0. The van der Waals surface area contributed by atoms with E-state index in [4.69, 9.17) is 14.2 Å². The average molecular weight is 754 g/mol. The molecule has 1 fully saturated rings. The molecule has 6 rings (SSSR count). The van der Waals surface area contributed by atoms with Gasteiger partial charge in [0.25, 0.3) is 0 Å². The first-order valence-corrected chi connectivity index (χ1v) is 18.2. The first-order chi connectivity index (χ1) is 24.3. The summed E-state index contributed by atoms with van der Waals surface area (Å²) in [5.74, 6) is -0.955. The van der Waals surface area contributed by atoms with Crippen LogP contribution in [0.15, 0.2) is 77.3 Å². The number of ether oxygens (including phenoxy) is 3. The van der Waals surface area contributed by atoms with Crippen molar-refractivity contribution in [1.82, 2.24) is 4.90 Å². The Kier molecular flexibility index (Phi) is 10.4. The van der Waals surface area contributed by atoms with Crippen molar-refractivity contribution < 1.29 is 28.6 Å². The molecule has 51 heavy (non-hydrogen) atoms. The molecule has 2 atom stereocenters. The molecule has 2 aliphatic rings. The maximum atomic E-state index is 14.1. The molecule has 4 aromatic rings. The maximum absolute atomic E-state index is 14.1. The lowest BCUT2D eigenvalue weighted by Gasteiger charge is -2.31. The van der Waals surface area contributed by atoms with Gasteiger partial charge in [0.1, 0.15) is 12.6 Å². The van der Waals surface area contributed by atoms with E-state index in [9.17, 15) is 14.4 Å². The summed E-state index contributed by atoms with van der Waals surface area (Å²) in [6.07, 6.45) is -0.417. The Morgan fingerprint density at radius 3 is 2.10 bits per heavy atom. The van der Waals surface area contributed by atoms with E-state index < -0.39 is 29.8 Å². The number of hydrogen-bond acceptors (Lipinski definition) is 6. The Labute approximate surface area is 308 Å². The average Bonchev–Trinajstić information content (AvgIpc) is 3.73. The molecule has 4 aromatic carbocycles. The third-order valence-corrected chi connectivity index (χ3v) is 10.8. The van der Waals surface area contributed by atoms with E-state index in [0.717, 1.165) is 44.5 Å². The van der Waals surface area contributed by atoms with Crippen LogP contribution in [0.1, 0.15) is 79.0 Å². The molecule has 0 radical (unpaired) electrons. The van der Waals surface area contributed by atoms with Gasteiger partial charge in [-0.2, -0.15) is 0 Å². The van der Waals surface area contributed by atoms with Gasteiger partial charge in [0, 0.05) is 22.5 Å². The smallest absolute Gasteiger partial charge is 0.410 e. The Bertz CT molecular complexity index is 1940. The second kappa shape index (κ2) is 14.6. The molecule has 0 aromatic heterocycles. The summed E-state index contributed by atoms with van der Waals surface area (Å²) < 4.78 is 18.3. The summed E-state index contributed by atoms with van der Waals surface area (Å²) in [4.78, 5) is 42.7. The third-order valence-electron chi connectivity index (χ3n) is 9.84. The number of nitrogens with one attached hydrogen (secondary N) is 1. The highest BCUT2D eigenvalue weighted by molar-refractivity contribution is 9.10. The number of likely N-dealkylation sites (tertiary alicyclic amines) is 1. The van der Waals surface area contributed by atoms with E-state index >= 15 is 0 Å². The first kappa shape index (κ1) is 36.3. The molecule has 9 heteroatoms. The number of amides is 2. The second-order valence-electron chi connectivity index (χ2n) is 14.4. The van der Waals surface area contributed by atoms with Crippen molar-refractivity contribution in [3.05, 3.63) is 111 Å². The molecule has 2 amide bonds. The number of methoxy groups -OCH3 is 1. The van der Waals surface area contributed by atoms with Crippen LogP contribution in [-0.4, -0.2) is 54.8 Å². The van der Waals surface area contributed by atoms with E-state index in [1.54, 1.807) is 0 Å². The molecule has 1 N–H and O–H groups in total. The second-order valence-corrected chi connectivity index (χ2v) is 15.2. The van der Waals surface area contributed by atoms with E-state index in [2.05, 4.69) is 45.5 Å². The van der Waals surface area contributed by atoms with Crippen LogP contribution in [0, 0.1) is 20.8 Å². The molecule has 0 bridgehead atoms. The van der Waals surface area contributed by atoms with E-state index in [1.807, 2.05) is 90.1 Å². The largest absolute Gasteiger partial charge is 0.467 e. The number of rotatable bonds is 8. The van der Waals surface area contributed by atoms with Gasteiger partial charge in [-0.05, 0) is 115 Å². The summed E-state index contributed by atoms with van der Waals surface area (Å²) in [5, 5.41) is 3.13. The van der Waals surface area contributed by atoms with Crippen molar-refractivity contribution in [1.29, 1.82) is 0 Å². The van der Waals surface area contributed by atoms with Crippen molar-refractivity contribution in [2.75, 3.05) is 25.6 Å². The van der Waals surface area contributed by atoms with Crippen LogP contribution >= 0.6 is 15.9 Å². The van der Waals surface area contributed by atoms with Crippen molar-refractivity contribution in [2.24, 2.45) is 0 Å². The minimum absolute atomic E-state index is 0.0821. The Balaban J connectivity index is 1.29. The number of aryl methyl sites for hydroxylation is 1. The van der Waals surface area contributed by atoms with Gasteiger partial charge in [0.05, 0.1) is 18.4 Å². The van der Waals surface area contributed by atoms with Gasteiger partial charge in [0.2, 0.25) is 5.91 Å². The molecule has 0 saturated carbocycles. The van der Waals surface area contributed by atoms with Crippen LogP contribution in [0.4, 0.5) is 10.5 Å². The van der Waals surface area contributed by atoms with Crippen LogP contribution in [0.25, 0.3) is 22.3 Å². The Morgan fingerprint density at radius 2 is 1.51 bits per heavy atom. The number of anilines is 1. The molecular weight excluding hydrogens is 708 g/mol. The minimum atomic E-state index is -1.07. The number of benzene rings is 4. The fraction of sp³-hybridized carbons (Fsp3) is 0.357. The molecule has 0 spiro atoms. The van der Waals surface area contributed by atoms with Gasteiger partial charge < -0.3 is 19.5 Å². The first-order valence-electron chi connectivity index (χ1n) is 17.4. The van der Waals surface area contributed by atoms with Gasteiger partial charge in [-0.1, -0.05) is 78.4 Å². The SMILES string of the molecule is COC(=O)[C@@H](OC(C)(C)C)c1c(C)c(NC(=O)[C@@H]2CCCN2C(=O)OCC2c3ccccc3-c3ccccc32)c(Br)c(C)c1-c1ccc(C)cc1. The molecule has 266 valence electrons. The molecular formula is C42H45BrN2O6. The molecule has 1 heterocycles. The summed E-state index contributed by atoms with van der Waals surface area (Å²) in [5.41, 5.74) is 9.29. The number of carbonyl (C=O) groups excluding carboxylic acids is 3. The van der Waals surface area contributed by atoms with Crippen molar-refractivity contribution in [3.63, 3.8) is 0 Å². The van der Waals surface area contributed by atoms with Crippen LogP contribution in [0.3, 0.4) is 0 Å². The molecule has 1 aliphatic heterocycles. The van der Waals surface area contributed by atoms with Crippen LogP contribution in [-0.2, 0) is 23.8 Å². The fourth-order valence-electron chi connectivity index (χ4n) is 7.38. The number of halogens is 1. The van der Waals surface area contributed by atoms with Gasteiger partial charge >= 0.3 is 12.1 Å². The number of esters is 1. The predicted octanol–water partition coefficient (Wildman–Crippen LogP) is 9.42. The molecule has 1 saturated heterocycles. The Morgan fingerprint density at radius 1 is 0.902 bits per heavy atom. The summed E-state index contributed by atoms with van der Waals surface area (Å²) in [6, 6.07) is 23.7. The quantitative estimate of drug-likeness (QED) is 0.180. The lowest BCUT2D eigenvalue weighted by atomic mass is 9.87. The van der Waals surface area contributed by atoms with Gasteiger partial charge in [-0.3, -0.25) is 9.69 Å². The lowest BCUT2D eigenvalue weighted by molar-refractivity contribution is -0.164. The molecule has 1 aliphatic carbocycles. The van der Waals surface area contributed by atoms with Crippen LogP contribution in [0.5, 0.6) is 0 Å². The number of fused-ring (bicyclic) bond motifs is 3. The summed E-state index contributed by atoms with van der Waals surface area (Å²) in [6.45, 7) is 12.1. The number of carbonyl (C=O) groups is 3. The van der Waals surface area contributed by atoms with Crippen molar-refractivity contribution in [2.45, 2.75) is 78.0 Å². The van der Waals surface area contributed by atoms with Crippen LogP contribution < -0.4 is 5.32 Å². The lowest BCUT2D eigenvalue weighted by Crippen LogP contribution is -2.44. The highest BCUT2D eigenvalue weighted by Crippen LogP contribution is 2.46. The summed E-state index contributed by atoms with van der Waals surface area (Å²) >= 11 is 3.79. The zero-order chi connectivity index (χ0) is 36.6. The monoisotopic (exact) mass is 752 g/mol. The predicted molar refractivity (Wildman–Crippen MR) is 203 cm³/mol. The highest BCUT2D eigenvalue weighted by Gasteiger charge is 2.39. The topological polar surface area (TPSA) is 94.2 Å². The van der Waals surface area contributed by atoms with Gasteiger partial charge in [-0.15, -0.1) is 0 Å². The zero-order valence-electron chi connectivity index (χ0n) is 30.3. The van der Waals surface area contributed by atoms with E-state index in [-0.39, 0.29) is 18.4 Å². The number of nitrogens with zero attached hydrogens (tertiary/aromatic N) is 1. The third kappa shape index (κ3) is 7.19. The van der Waals surface area contributed by atoms with Crippen LogP contribution in [0.2, 0.25) is 0 Å². The molecule has 8 nitrogen and oxygen atoms in total. The Hall–Kier alpha value is -4.47. The van der Waals surface area contributed by atoms with Gasteiger partial charge in [0.15, 0.2) is 6.10 Å². The highest BCUT2D eigenvalue weighted by atomic mass is 79.9. The zero-order valence-corrected chi connectivity index (χ0v) is 31.8. The van der Waals surface area contributed by atoms with Crippen molar-refractivity contribution in [3.8, 4) is 22.3 Å². The van der Waals surface area contributed by atoms with E-state index in [1.165, 1.54) is 12.0 Å².